The van der Waals surface area contributed by atoms with Crippen molar-refractivity contribution < 1.29 is 4.74 Å². The molecule has 0 bridgehead atoms. The van der Waals surface area contributed by atoms with Crippen LogP contribution in [0, 0.1) is 0 Å². The number of nitrogens with zero attached hydrogens (tertiary/aromatic N) is 1. The third-order valence-electron chi connectivity index (χ3n) is 1.89. The minimum absolute atomic E-state index is 0.355. The molecule has 3 heteroatoms. The van der Waals surface area contributed by atoms with Gasteiger partial charge in [-0.3, -0.25) is 0 Å². The molecule has 76 valence electrons. The maximum absolute atomic E-state index is 5.02. The summed E-state index contributed by atoms with van der Waals surface area (Å²) in [6, 6.07) is 4.14. The Morgan fingerprint density at radius 1 is 1.64 bits per heavy atom. The number of methoxy groups -OCH3 is 1. The van der Waals surface area contributed by atoms with Gasteiger partial charge >= 0.3 is 0 Å². The third-order valence-corrected chi connectivity index (χ3v) is 1.89. The largest absolute Gasteiger partial charge is 0.495 e. The van der Waals surface area contributed by atoms with Gasteiger partial charge in [0.25, 0.3) is 0 Å². The van der Waals surface area contributed by atoms with E-state index in [1.165, 1.54) is 0 Å². The number of ether oxygens (including phenoxy) is 1. The summed E-state index contributed by atoms with van der Waals surface area (Å²) >= 11 is 0. The molecule has 0 aliphatic rings. The first kappa shape index (κ1) is 10.6. The third kappa shape index (κ3) is 3.09. The molecule has 1 heterocycles. The summed E-state index contributed by atoms with van der Waals surface area (Å²) in [6.45, 7) is 5.78. The summed E-state index contributed by atoms with van der Waals surface area (Å²) in [4.78, 5) is 4.20. The number of nitrogens with one attached hydrogen (secondary N) is 1. The normalized spacial score (nSPS) is 11.9. The molecular formula is C11H16N2O. The van der Waals surface area contributed by atoms with Gasteiger partial charge in [-0.25, -0.2) is 4.98 Å². The zero-order valence-electron chi connectivity index (χ0n) is 8.66. The maximum Gasteiger partial charge on any atom is 0.137 e. The van der Waals surface area contributed by atoms with Gasteiger partial charge in [0, 0.05) is 6.04 Å². The molecule has 1 aromatic heterocycles. The Bertz CT molecular complexity index is 282. The average Bonchev–Trinajstić information content (AvgIpc) is 2.19. The summed E-state index contributed by atoms with van der Waals surface area (Å²) in [5, 5.41) is 3.26. The minimum Gasteiger partial charge on any atom is -0.495 e. The Morgan fingerprint density at radius 2 is 2.43 bits per heavy atom. The first-order chi connectivity index (χ1) is 6.76. The fraction of sp³-hybridized carbons (Fsp3) is 0.364. The van der Waals surface area contributed by atoms with Crippen LogP contribution in [0.4, 0.5) is 5.82 Å². The quantitative estimate of drug-likeness (QED) is 0.728. The Kier molecular flexibility index (Phi) is 3.98. The van der Waals surface area contributed by atoms with Crippen molar-refractivity contribution in [1.29, 1.82) is 0 Å². The number of aromatic nitrogens is 1. The van der Waals surface area contributed by atoms with Crippen LogP contribution in [-0.4, -0.2) is 18.1 Å². The lowest BCUT2D eigenvalue weighted by atomic mass is 10.2. The van der Waals surface area contributed by atoms with E-state index in [9.17, 15) is 0 Å². The highest BCUT2D eigenvalue weighted by Crippen LogP contribution is 2.12. The second-order valence-corrected chi connectivity index (χ2v) is 3.15. The molecule has 3 nitrogen and oxygen atoms in total. The van der Waals surface area contributed by atoms with E-state index >= 15 is 0 Å². The molecule has 0 spiro atoms. The highest BCUT2D eigenvalue weighted by molar-refractivity contribution is 5.38. The smallest absolute Gasteiger partial charge is 0.137 e. The van der Waals surface area contributed by atoms with Crippen LogP contribution in [-0.2, 0) is 0 Å². The Balaban J connectivity index is 2.54. The molecule has 0 saturated heterocycles. The first-order valence-corrected chi connectivity index (χ1v) is 4.63. The van der Waals surface area contributed by atoms with Gasteiger partial charge in [0.15, 0.2) is 0 Å². The molecule has 1 atom stereocenters. The van der Waals surface area contributed by atoms with E-state index in [4.69, 9.17) is 4.74 Å². The summed E-state index contributed by atoms with van der Waals surface area (Å²) in [7, 11) is 1.63. The fourth-order valence-electron chi connectivity index (χ4n) is 1.15. The van der Waals surface area contributed by atoms with Gasteiger partial charge in [-0.15, -0.1) is 6.58 Å². The lowest BCUT2D eigenvalue weighted by Gasteiger charge is -2.12. The predicted octanol–water partition coefficient (Wildman–Crippen LogP) is 2.47. The van der Waals surface area contributed by atoms with Gasteiger partial charge in [-0.05, 0) is 25.5 Å². The van der Waals surface area contributed by atoms with E-state index < -0.39 is 0 Å². The van der Waals surface area contributed by atoms with Crippen LogP contribution in [0.25, 0.3) is 0 Å². The number of hydrogen-bond donors (Lipinski definition) is 1. The van der Waals surface area contributed by atoms with Gasteiger partial charge in [-0.2, -0.15) is 0 Å². The summed E-state index contributed by atoms with van der Waals surface area (Å²) in [5.74, 6) is 1.63. The molecule has 1 N–H and O–H groups in total. The number of anilines is 1. The topological polar surface area (TPSA) is 34.1 Å². The number of pyridine rings is 1. The lowest BCUT2D eigenvalue weighted by Crippen LogP contribution is -2.14. The van der Waals surface area contributed by atoms with E-state index in [2.05, 4.69) is 23.8 Å². The zero-order chi connectivity index (χ0) is 10.4. The van der Waals surface area contributed by atoms with Crippen LogP contribution in [0.5, 0.6) is 5.75 Å². The van der Waals surface area contributed by atoms with Crippen molar-refractivity contribution in [1.82, 2.24) is 4.98 Å². The van der Waals surface area contributed by atoms with Crippen LogP contribution in [0.2, 0.25) is 0 Å². The van der Waals surface area contributed by atoms with Gasteiger partial charge in [0.05, 0.1) is 13.3 Å². The Hall–Kier alpha value is -1.51. The molecule has 14 heavy (non-hydrogen) atoms. The second-order valence-electron chi connectivity index (χ2n) is 3.15. The molecule has 1 aromatic rings. The van der Waals surface area contributed by atoms with Crippen LogP contribution < -0.4 is 10.1 Å². The summed E-state index contributed by atoms with van der Waals surface area (Å²) < 4.78 is 5.02. The zero-order valence-corrected chi connectivity index (χ0v) is 8.66. The number of rotatable bonds is 5. The highest BCUT2D eigenvalue weighted by atomic mass is 16.5. The molecule has 1 unspecified atom stereocenters. The van der Waals surface area contributed by atoms with E-state index in [0.29, 0.717) is 6.04 Å². The Morgan fingerprint density at radius 3 is 2.93 bits per heavy atom. The van der Waals surface area contributed by atoms with Crippen molar-refractivity contribution >= 4 is 5.82 Å². The Labute approximate surface area is 84.8 Å². The standard InChI is InChI=1S/C11H16N2O/c1-4-5-9(2)13-11-7-6-10(14-3)8-12-11/h4,6-9H,1,5H2,2-3H3,(H,12,13). The second kappa shape index (κ2) is 5.27. The molecular weight excluding hydrogens is 176 g/mol. The molecule has 1 rings (SSSR count). The van der Waals surface area contributed by atoms with Crippen molar-refractivity contribution in [2.75, 3.05) is 12.4 Å². The fourth-order valence-corrected chi connectivity index (χ4v) is 1.15. The SMILES string of the molecule is C=CCC(C)Nc1ccc(OC)cn1. The van der Waals surface area contributed by atoms with Gasteiger partial charge < -0.3 is 10.1 Å². The van der Waals surface area contributed by atoms with E-state index in [0.717, 1.165) is 18.0 Å². The molecule has 0 fully saturated rings. The highest BCUT2D eigenvalue weighted by Gasteiger charge is 2.00. The average molecular weight is 192 g/mol. The van der Waals surface area contributed by atoms with Gasteiger partial charge in [-0.1, -0.05) is 6.08 Å². The van der Waals surface area contributed by atoms with Crippen LogP contribution in [0.3, 0.4) is 0 Å². The number of hydrogen-bond acceptors (Lipinski definition) is 3. The van der Waals surface area contributed by atoms with E-state index in [-0.39, 0.29) is 0 Å². The molecule has 0 aliphatic heterocycles. The monoisotopic (exact) mass is 192 g/mol. The summed E-state index contributed by atoms with van der Waals surface area (Å²) in [6.07, 6.45) is 4.51. The van der Waals surface area contributed by atoms with Crippen LogP contribution in [0.15, 0.2) is 31.0 Å². The van der Waals surface area contributed by atoms with Gasteiger partial charge in [0.1, 0.15) is 11.6 Å². The van der Waals surface area contributed by atoms with E-state index in [1.54, 1.807) is 13.3 Å². The summed E-state index contributed by atoms with van der Waals surface area (Å²) in [5.41, 5.74) is 0. The maximum atomic E-state index is 5.02. The lowest BCUT2D eigenvalue weighted by molar-refractivity contribution is 0.413. The van der Waals surface area contributed by atoms with Crippen molar-refractivity contribution in [2.45, 2.75) is 19.4 Å². The van der Waals surface area contributed by atoms with Crippen molar-refractivity contribution in [3.63, 3.8) is 0 Å². The van der Waals surface area contributed by atoms with E-state index in [1.807, 2.05) is 18.2 Å². The predicted molar refractivity (Wildman–Crippen MR) is 58.7 cm³/mol. The van der Waals surface area contributed by atoms with Crippen molar-refractivity contribution in [3.8, 4) is 5.75 Å². The van der Waals surface area contributed by atoms with Crippen molar-refractivity contribution in [2.24, 2.45) is 0 Å². The molecule has 0 amide bonds. The van der Waals surface area contributed by atoms with Crippen LogP contribution in [0.1, 0.15) is 13.3 Å². The molecule has 0 aromatic carbocycles. The van der Waals surface area contributed by atoms with Gasteiger partial charge in [0.2, 0.25) is 0 Å². The molecule has 0 radical (unpaired) electrons. The molecule has 0 aliphatic carbocycles. The molecule has 0 saturated carbocycles. The first-order valence-electron chi connectivity index (χ1n) is 4.63. The minimum atomic E-state index is 0.355. The van der Waals surface area contributed by atoms with Crippen molar-refractivity contribution in [3.05, 3.63) is 31.0 Å². The van der Waals surface area contributed by atoms with Crippen LogP contribution >= 0.6 is 0 Å².